The third-order valence-electron chi connectivity index (χ3n) is 4.20. The smallest absolute Gasteiger partial charge is 0.321 e. The second-order valence-electron chi connectivity index (χ2n) is 7.70. The van der Waals surface area contributed by atoms with Gasteiger partial charge in [-0.3, -0.25) is 0 Å². The van der Waals surface area contributed by atoms with Crippen LogP contribution in [0.1, 0.15) is 45.7 Å². The molecule has 0 saturated heterocycles. The molecule has 2 amide bonds. The van der Waals surface area contributed by atoms with Crippen LogP contribution >= 0.6 is 0 Å². The Morgan fingerprint density at radius 1 is 0.897 bits per heavy atom. The Bertz CT molecular complexity index is 828. The third kappa shape index (κ3) is 6.59. The molecule has 0 unspecified atom stereocenters. The SMILES string of the molecule is CCOc1ccc(NC(=O)NCOc2ccc(C)cc2C(C)(C)C)cc1OCC. The van der Waals surface area contributed by atoms with Gasteiger partial charge in [0.05, 0.1) is 13.2 Å². The maximum atomic E-state index is 12.2. The van der Waals surface area contributed by atoms with Crippen LogP contribution in [0.4, 0.5) is 10.5 Å². The van der Waals surface area contributed by atoms with Gasteiger partial charge in [-0.15, -0.1) is 0 Å². The molecular weight excluding hydrogens is 368 g/mol. The maximum Gasteiger partial charge on any atom is 0.321 e. The van der Waals surface area contributed by atoms with Crippen LogP contribution in [0.3, 0.4) is 0 Å². The minimum Gasteiger partial charge on any atom is -0.490 e. The lowest BCUT2D eigenvalue weighted by atomic mass is 9.85. The van der Waals surface area contributed by atoms with Gasteiger partial charge in [0.15, 0.2) is 18.2 Å². The van der Waals surface area contributed by atoms with Crippen LogP contribution in [0.2, 0.25) is 0 Å². The van der Waals surface area contributed by atoms with Crippen molar-refractivity contribution in [2.24, 2.45) is 0 Å². The fourth-order valence-electron chi connectivity index (χ4n) is 2.84. The summed E-state index contributed by atoms with van der Waals surface area (Å²) in [5.74, 6) is 2.01. The molecule has 0 atom stereocenters. The first kappa shape index (κ1) is 22.4. The molecule has 0 aliphatic rings. The van der Waals surface area contributed by atoms with E-state index in [1.807, 2.05) is 26.0 Å². The lowest BCUT2D eigenvalue weighted by molar-refractivity contribution is 0.233. The number of carbonyl (C=O) groups excluding carboxylic acids is 1. The highest BCUT2D eigenvalue weighted by molar-refractivity contribution is 5.89. The minimum atomic E-state index is -0.360. The predicted octanol–water partition coefficient (Wildman–Crippen LogP) is 5.25. The second kappa shape index (κ2) is 10.0. The molecule has 6 nitrogen and oxygen atoms in total. The third-order valence-corrected chi connectivity index (χ3v) is 4.20. The summed E-state index contributed by atoms with van der Waals surface area (Å²) < 4.78 is 16.9. The van der Waals surface area contributed by atoms with Crippen molar-refractivity contribution in [1.29, 1.82) is 0 Å². The van der Waals surface area contributed by atoms with E-state index in [9.17, 15) is 4.79 Å². The fourth-order valence-corrected chi connectivity index (χ4v) is 2.84. The van der Waals surface area contributed by atoms with Crippen molar-refractivity contribution in [1.82, 2.24) is 5.32 Å². The first-order valence-corrected chi connectivity index (χ1v) is 9.93. The predicted molar refractivity (Wildman–Crippen MR) is 116 cm³/mol. The summed E-state index contributed by atoms with van der Waals surface area (Å²) in [5.41, 5.74) is 2.84. The van der Waals surface area contributed by atoms with Crippen LogP contribution in [0, 0.1) is 6.92 Å². The molecule has 2 aromatic rings. The van der Waals surface area contributed by atoms with Gasteiger partial charge in [-0.2, -0.15) is 0 Å². The molecule has 0 spiro atoms. The number of benzene rings is 2. The van der Waals surface area contributed by atoms with Crippen molar-refractivity contribution < 1.29 is 19.0 Å². The van der Waals surface area contributed by atoms with Crippen molar-refractivity contribution >= 4 is 11.7 Å². The summed E-state index contributed by atoms with van der Waals surface area (Å²) in [4.78, 5) is 12.2. The molecule has 0 fully saturated rings. The van der Waals surface area contributed by atoms with E-state index in [0.29, 0.717) is 30.4 Å². The Morgan fingerprint density at radius 3 is 2.21 bits per heavy atom. The standard InChI is InChI=1S/C23H32N2O4/c1-7-27-20-12-10-17(14-21(20)28-8-2)25-22(26)24-15-29-19-11-9-16(3)13-18(19)23(4,5)6/h9-14H,7-8,15H2,1-6H3,(H2,24,25,26). The summed E-state index contributed by atoms with van der Waals surface area (Å²) in [6.07, 6.45) is 0. The molecule has 6 heteroatoms. The van der Waals surface area contributed by atoms with Gasteiger partial charge in [0.1, 0.15) is 5.75 Å². The number of ether oxygens (including phenoxy) is 3. The van der Waals surface area contributed by atoms with E-state index in [4.69, 9.17) is 14.2 Å². The molecule has 2 rings (SSSR count). The van der Waals surface area contributed by atoms with E-state index in [2.05, 4.69) is 44.4 Å². The van der Waals surface area contributed by atoms with Gasteiger partial charge in [-0.1, -0.05) is 38.5 Å². The zero-order valence-corrected chi connectivity index (χ0v) is 18.2. The zero-order valence-electron chi connectivity index (χ0n) is 18.2. The Balaban J connectivity index is 1.97. The lowest BCUT2D eigenvalue weighted by Gasteiger charge is -2.23. The van der Waals surface area contributed by atoms with E-state index in [1.54, 1.807) is 18.2 Å². The molecule has 0 aromatic heterocycles. The number of amides is 2. The second-order valence-corrected chi connectivity index (χ2v) is 7.70. The van der Waals surface area contributed by atoms with Crippen molar-refractivity contribution in [2.75, 3.05) is 25.3 Å². The Kier molecular flexibility index (Phi) is 7.76. The van der Waals surface area contributed by atoms with Crippen LogP contribution < -0.4 is 24.8 Å². The molecular formula is C23H32N2O4. The molecule has 0 bridgehead atoms. The van der Waals surface area contributed by atoms with E-state index in [1.165, 1.54) is 5.56 Å². The first-order chi connectivity index (χ1) is 13.7. The van der Waals surface area contributed by atoms with Gasteiger partial charge >= 0.3 is 6.03 Å². The van der Waals surface area contributed by atoms with E-state index < -0.39 is 0 Å². The van der Waals surface area contributed by atoms with Crippen LogP contribution in [-0.4, -0.2) is 26.0 Å². The van der Waals surface area contributed by atoms with Crippen LogP contribution in [0.25, 0.3) is 0 Å². The van der Waals surface area contributed by atoms with Gasteiger partial charge in [0, 0.05) is 11.8 Å². The number of anilines is 1. The van der Waals surface area contributed by atoms with Gasteiger partial charge < -0.3 is 24.8 Å². The maximum absolute atomic E-state index is 12.2. The molecule has 0 heterocycles. The molecule has 29 heavy (non-hydrogen) atoms. The molecule has 2 N–H and O–H groups in total. The highest BCUT2D eigenvalue weighted by atomic mass is 16.5. The molecule has 0 aliphatic carbocycles. The van der Waals surface area contributed by atoms with Crippen LogP contribution in [0.5, 0.6) is 17.2 Å². The van der Waals surface area contributed by atoms with Gasteiger partial charge in [0.2, 0.25) is 0 Å². The molecule has 2 aromatic carbocycles. The lowest BCUT2D eigenvalue weighted by Crippen LogP contribution is -2.32. The molecule has 158 valence electrons. The van der Waals surface area contributed by atoms with Crippen molar-refractivity contribution in [3.63, 3.8) is 0 Å². The van der Waals surface area contributed by atoms with Crippen molar-refractivity contribution in [2.45, 2.75) is 47.0 Å². The van der Waals surface area contributed by atoms with E-state index in [-0.39, 0.29) is 18.2 Å². The number of carbonyl (C=O) groups is 1. The minimum absolute atomic E-state index is 0.0540. The molecule has 0 aliphatic heterocycles. The van der Waals surface area contributed by atoms with Gasteiger partial charge in [-0.05, 0) is 49.9 Å². The van der Waals surface area contributed by atoms with Crippen molar-refractivity contribution in [3.05, 3.63) is 47.5 Å². The number of rotatable bonds is 8. The largest absolute Gasteiger partial charge is 0.490 e. The summed E-state index contributed by atoms with van der Waals surface area (Å²) >= 11 is 0. The van der Waals surface area contributed by atoms with Crippen LogP contribution in [-0.2, 0) is 5.41 Å². The summed E-state index contributed by atoms with van der Waals surface area (Å²) in [7, 11) is 0. The topological polar surface area (TPSA) is 68.8 Å². The Hall–Kier alpha value is -2.89. The quantitative estimate of drug-likeness (QED) is 0.594. The van der Waals surface area contributed by atoms with E-state index >= 15 is 0 Å². The first-order valence-electron chi connectivity index (χ1n) is 9.93. The Labute approximate surface area is 173 Å². The average Bonchev–Trinajstić information content (AvgIpc) is 2.64. The number of hydrogen-bond donors (Lipinski definition) is 2. The zero-order chi connectivity index (χ0) is 21.4. The number of hydrogen-bond acceptors (Lipinski definition) is 4. The monoisotopic (exact) mass is 400 g/mol. The highest BCUT2D eigenvalue weighted by Gasteiger charge is 2.19. The van der Waals surface area contributed by atoms with Gasteiger partial charge in [0.25, 0.3) is 0 Å². The van der Waals surface area contributed by atoms with Crippen LogP contribution in [0.15, 0.2) is 36.4 Å². The number of aryl methyl sites for hydroxylation is 1. The number of nitrogens with one attached hydrogen (secondary N) is 2. The molecule has 0 radical (unpaired) electrons. The van der Waals surface area contributed by atoms with E-state index in [0.717, 1.165) is 11.3 Å². The fraction of sp³-hybridized carbons (Fsp3) is 0.435. The van der Waals surface area contributed by atoms with Gasteiger partial charge in [-0.25, -0.2) is 4.79 Å². The normalized spacial score (nSPS) is 11.0. The number of urea groups is 1. The van der Waals surface area contributed by atoms with Crippen molar-refractivity contribution in [3.8, 4) is 17.2 Å². The molecule has 0 saturated carbocycles. The summed E-state index contributed by atoms with van der Waals surface area (Å²) in [5, 5.41) is 5.50. The highest BCUT2D eigenvalue weighted by Crippen LogP contribution is 2.32. The average molecular weight is 401 g/mol. The summed E-state index contributed by atoms with van der Waals surface area (Å²) in [6, 6.07) is 11.0. The Morgan fingerprint density at radius 2 is 1.55 bits per heavy atom. The summed E-state index contributed by atoms with van der Waals surface area (Å²) in [6.45, 7) is 13.4.